The summed E-state index contributed by atoms with van der Waals surface area (Å²) >= 11 is 1.72. The highest BCUT2D eigenvalue weighted by Crippen LogP contribution is 2.24. The number of halogens is 1. The van der Waals surface area contributed by atoms with E-state index >= 15 is 0 Å². The molecule has 102 valence electrons. The molecule has 1 atom stereocenters. The van der Waals surface area contributed by atoms with E-state index in [0.717, 1.165) is 19.5 Å². The molecule has 0 bridgehead atoms. The van der Waals surface area contributed by atoms with Crippen molar-refractivity contribution in [1.29, 1.82) is 0 Å². The van der Waals surface area contributed by atoms with Gasteiger partial charge in [0.15, 0.2) is 0 Å². The second kappa shape index (κ2) is 7.49. The van der Waals surface area contributed by atoms with E-state index in [2.05, 4.69) is 20.8 Å². The number of hydrogen-bond acceptors (Lipinski definition) is 3. The van der Waals surface area contributed by atoms with Crippen LogP contribution in [0, 0.1) is 5.92 Å². The van der Waals surface area contributed by atoms with Gasteiger partial charge >= 0.3 is 0 Å². The van der Waals surface area contributed by atoms with Crippen LogP contribution in [0.5, 0.6) is 0 Å². The second-order valence-corrected chi connectivity index (χ2v) is 7.29. The Kier molecular flexibility index (Phi) is 7.52. The van der Waals surface area contributed by atoms with Gasteiger partial charge in [-0.05, 0) is 25.3 Å². The maximum atomic E-state index is 12.0. The first-order valence-electron chi connectivity index (χ1n) is 6.04. The molecule has 5 heteroatoms. The molecule has 0 aromatic heterocycles. The lowest BCUT2D eigenvalue weighted by atomic mass is 9.98. The fraction of sp³-hybridized carbons (Fsp3) is 0.917. The fourth-order valence-corrected chi connectivity index (χ4v) is 2.59. The van der Waals surface area contributed by atoms with E-state index in [9.17, 15) is 4.79 Å². The summed E-state index contributed by atoms with van der Waals surface area (Å²) in [6.07, 6.45) is 2.28. The van der Waals surface area contributed by atoms with E-state index in [1.54, 1.807) is 11.8 Å². The zero-order valence-corrected chi connectivity index (χ0v) is 12.7. The number of carbonyl (C=O) groups is 1. The van der Waals surface area contributed by atoms with Crippen LogP contribution < -0.4 is 5.73 Å². The number of piperidine rings is 1. The van der Waals surface area contributed by atoms with Crippen LogP contribution in [0.3, 0.4) is 0 Å². The Morgan fingerprint density at radius 1 is 1.47 bits per heavy atom. The van der Waals surface area contributed by atoms with Crippen LogP contribution in [0.15, 0.2) is 0 Å². The molecule has 2 N–H and O–H groups in total. The van der Waals surface area contributed by atoms with Gasteiger partial charge in [-0.2, -0.15) is 0 Å². The molecule has 17 heavy (non-hydrogen) atoms. The van der Waals surface area contributed by atoms with Crippen molar-refractivity contribution >= 4 is 30.1 Å². The van der Waals surface area contributed by atoms with Gasteiger partial charge in [0.1, 0.15) is 0 Å². The summed E-state index contributed by atoms with van der Waals surface area (Å²) in [5.41, 5.74) is 5.67. The first kappa shape index (κ1) is 17.1. The highest BCUT2D eigenvalue weighted by Gasteiger charge is 2.23. The zero-order chi connectivity index (χ0) is 12.2. The highest BCUT2D eigenvalue weighted by molar-refractivity contribution is 8.01. The lowest BCUT2D eigenvalue weighted by Gasteiger charge is -2.32. The number of carbonyl (C=O) groups excluding carboxylic acids is 1. The molecule has 1 unspecified atom stereocenters. The standard InChI is InChI=1S/C12H24N2OS.ClH/c1-12(2,3)16-9-11(15)14-6-4-5-10(7-13)8-14;/h10H,4-9,13H2,1-3H3;1H. The Balaban J connectivity index is 0.00000256. The van der Waals surface area contributed by atoms with Gasteiger partial charge in [0, 0.05) is 17.8 Å². The summed E-state index contributed by atoms with van der Waals surface area (Å²) in [7, 11) is 0. The molecule has 1 amide bonds. The zero-order valence-electron chi connectivity index (χ0n) is 11.1. The smallest absolute Gasteiger partial charge is 0.232 e. The van der Waals surface area contributed by atoms with Crippen LogP contribution in [0.2, 0.25) is 0 Å². The number of thioether (sulfide) groups is 1. The Morgan fingerprint density at radius 2 is 2.12 bits per heavy atom. The molecule has 0 aliphatic carbocycles. The monoisotopic (exact) mass is 280 g/mol. The summed E-state index contributed by atoms with van der Waals surface area (Å²) < 4.78 is 0.165. The third kappa shape index (κ3) is 6.53. The van der Waals surface area contributed by atoms with Crippen molar-refractivity contribution in [2.45, 2.75) is 38.4 Å². The van der Waals surface area contributed by atoms with Crippen LogP contribution in [-0.2, 0) is 4.79 Å². The fourth-order valence-electron chi connectivity index (χ4n) is 1.85. The summed E-state index contributed by atoms with van der Waals surface area (Å²) in [6.45, 7) is 8.91. The minimum Gasteiger partial charge on any atom is -0.342 e. The average Bonchev–Trinajstić information content (AvgIpc) is 2.25. The number of rotatable bonds is 3. The predicted octanol–water partition coefficient (Wildman–Crippen LogP) is 2.14. The minimum atomic E-state index is 0. The van der Waals surface area contributed by atoms with Gasteiger partial charge in [-0.15, -0.1) is 24.2 Å². The summed E-state index contributed by atoms with van der Waals surface area (Å²) in [5, 5.41) is 0. The van der Waals surface area contributed by atoms with Crippen molar-refractivity contribution in [1.82, 2.24) is 4.90 Å². The lowest BCUT2D eigenvalue weighted by molar-refractivity contribution is -0.130. The average molecular weight is 281 g/mol. The molecule has 0 aromatic rings. The van der Waals surface area contributed by atoms with Gasteiger partial charge in [-0.3, -0.25) is 4.79 Å². The third-order valence-corrected chi connectivity index (χ3v) is 4.09. The van der Waals surface area contributed by atoms with Crippen LogP contribution in [0.4, 0.5) is 0 Å². The van der Waals surface area contributed by atoms with Crippen molar-refractivity contribution in [2.75, 3.05) is 25.4 Å². The molecule has 1 heterocycles. The number of amides is 1. The van der Waals surface area contributed by atoms with Crippen molar-refractivity contribution in [3.63, 3.8) is 0 Å². The number of likely N-dealkylation sites (tertiary alicyclic amines) is 1. The van der Waals surface area contributed by atoms with Crippen molar-refractivity contribution in [3.8, 4) is 0 Å². The summed E-state index contributed by atoms with van der Waals surface area (Å²) in [4.78, 5) is 14.0. The first-order chi connectivity index (χ1) is 7.42. The van der Waals surface area contributed by atoms with Crippen LogP contribution >= 0.6 is 24.2 Å². The molecule has 1 rings (SSSR count). The summed E-state index contributed by atoms with van der Waals surface area (Å²) in [6, 6.07) is 0. The third-order valence-electron chi connectivity index (χ3n) is 2.83. The van der Waals surface area contributed by atoms with Gasteiger partial charge < -0.3 is 10.6 Å². The normalized spacial score (nSPS) is 20.9. The Labute approximate surface area is 115 Å². The van der Waals surface area contributed by atoms with Crippen molar-refractivity contribution < 1.29 is 4.79 Å². The van der Waals surface area contributed by atoms with Gasteiger partial charge in [0.2, 0.25) is 5.91 Å². The van der Waals surface area contributed by atoms with E-state index in [1.807, 2.05) is 4.90 Å². The van der Waals surface area contributed by atoms with E-state index in [-0.39, 0.29) is 23.1 Å². The molecular weight excluding hydrogens is 256 g/mol. The Morgan fingerprint density at radius 3 is 2.65 bits per heavy atom. The molecular formula is C12H25ClN2OS. The second-order valence-electron chi connectivity index (χ2n) is 5.48. The molecule has 0 saturated carbocycles. The molecule has 1 aliphatic rings. The molecule has 0 spiro atoms. The molecule has 1 saturated heterocycles. The number of nitrogens with zero attached hydrogens (tertiary/aromatic N) is 1. The van der Waals surface area contributed by atoms with E-state index in [4.69, 9.17) is 5.73 Å². The number of hydrogen-bond donors (Lipinski definition) is 1. The SMILES string of the molecule is CC(C)(C)SCC(=O)N1CCCC(CN)C1.Cl. The minimum absolute atomic E-state index is 0. The van der Waals surface area contributed by atoms with E-state index < -0.39 is 0 Å². The van der Waals surface area contributed by atoms with Crippen molar-refractivity contribution in [3.05, 3.63) is 0 Å². The molecule has 0 aromatic carbocycles. The summed E-state index contributed by atoms with van der Waals surface area (Å²) in [5.74, 6) is 1.39. The first-order valence-corrected chi connectivity index (χ1v) is 7.03. The molecule has 1 aliphatic heterocycles. The van der Waals surface area contributed by atoms with E-state index in [0.29, 0.717) is 18.2 Å². The van der Waals surface area contributed by atoms with Crippen LogP contribution in [0.25, 0.3) is 0 Å². The van der Waals surface area contributed by atoms with E-state index in [1.165, 1.54) is 6.42 Å². The number of nitrogens with two attached hydrogens (primary N) is 1. The lowest BCUT2D eigenvalue weighted by Crippen LogP contribution is -2.43. The van der Waals surface area contributed by atoms with Crippen LogP contribution in [0.1, 0.15) is 33.6 Å². The van der Waals surface area contributed by atoms with Gasteiger partial charge in [-0.1, -0.05) is 20.8 Å². The molecule has 1 fully saturated rings. The van der Waals surface area contributed by atoms with Crippen LogP contribution in [-0.4, -0.2) is 40.9 Å². The maximum Gasteiger partial charge on any atom is 0.232 e. The highest BCUT2D eigenvalue weighted by atomic mass is 35.5. The molecule has 3 nitrogen and oxygen atoms in total. The molecule has 0 radical (unpaired) electrons. The topological polar surface area (TPSA) is 46.3 Å². The van der Waals surface area contributed by atoms with Gasteiger partial charge in [0.05, 0.1) is 5.75 Å². The predicted molar refractivity (Wildman–Crippen MR) is 77.8 cm³/mol. The largest absolute Gasteiger partial charge is 0.342 e. The quantitative estimate of drug-likeness (QED) is 0.862. The van der Waals surface area contributed by atoms with Crippen molar-refractivity contribution in [2.24, 2.45) is 11.7 Å². The Hall–Kier alpha value is 0.0700. The Bertz CT molecular complexity index is 243. The van der Waals surface area contributed by atoms with Gasteiger partial charge in [-0.25, -0.2) is 0 Å². The van der Waals surface area contributed by atoms with Gasteiger partial charge in [0.25, 0.3) is 0 Å². The maximum absolute atomic E-state index is 12.0.